The monoisotopic (exact) mass is 734 g/mol. The summed E-state index contributed by atoms with van der Waals surface area (Å²) < 4.78 is 34.9. The minimum absolute atomic E-state index is 0.227. The summed E-state index contributed by atoms with van der Waals surface area (Å²) in [6, 6.07) is 41.8. The molecule has 0 radical (unpaired) electrons. The van der Waals surface area contributed by atoms with Crippen LogP contribution in [0.25, 0.3) is 0 Å². The summed E-state index contributed by atoms with van der Waals surface area (Å²) in [4.78, 5) is 0. The van der Waals surface area contributed by atoms with Crippen molar-refractivity contribution < 1.29 is 23.7 Å². The van der Waals surface area contributed by atoms with Crippen molar-refractivity contribution in [3.05, 3.63) is 144 Å². The highest BCUT2D eigenvalue weighted by Gasteiger charge is 2.50. The standard InChI is InChI=1S/C47H58O5S/c1-7-19-36(20-8-1)31-48-35-42-43(49-32-37-21-9-2-10-22-37)44(50-33-38-23-11-3-12-24-38)45(51-34-39-25-13-4-14-26-39)47(52-42)53-46(40-27-15-5-16-28-40)41-29-17-6-18-30-41/h1-4,7-14,19-26,40-47H,5-6,15-18,27-35H2/t42-,43-,44+,45-,47+/m1/s1. The first-order chi connectivity index (χ1) is 26.3. The van der Waals surface area contributed by atoms with Gasteiger partial charge >= 0.3 is 0 Å². The SMILES string of the molecule is c1ccc(COC[C@H]2O[C@@H](SC(C3CCCCC3)C3CCCCC3)[C@H](OCc3ccccc3)[C@@H](OCc3ccccc3)[C@@H]2OCc2ccccc2)cc1. The number of benzene rings is 4. The van der Waals surface area contributed by atoms with Gasteiger partial charge in [0.1, 0.15) is 29.9 Å². The predicted octanol–water partition coefficient (Wildman–Crippen LogP) is 10.9. The Morgan fingerprint density at radius 2 is 0.868 bits per heavy atom. The molecule has 3 fully saturated rings. The maximum Gasteiger partial charge on any atom is 0.133 e. The van der Waals surface area contributed by atoms with Gasteiger partial charge in [0.15, 0.2) is 0 Å². The lowest BCUT2D eigenvalue weighted by Crippen LogP contribution is -2.60. The number of rotatable bonds is 17. The van der Waals surface area contributed by atoms with E-state index in [9.17, 15) is 0 Å². The fourth-order valence-corrected chi connectivity index (χ4v) is 10.4. The van der Waals surface area contributed by atoms with Crippen molar-refractivity contribution >= 4 is 11.8 Å². The molecule has 0 aromatic heterocycles. The van der Waals surface area contributed by atoms with E-state index in [0.717, 1.165) is 22.3 Å². The molecule has 0 N–H and O–H groups in total. The van der Waals surface area contributed by atoms with Gasteiger partial charge in [-0.1, -0.05) is 160 Å². The van der Waals surface area contributed by atoms with Crippen LogP contribution >= 0.6 is 11.8 Å². The molecule has 5 nitrogen and oxygen atoms in total. The Kier molecular flexibility index (Phi) is 14.9. The van der Waals surface area contributed by atoms with E-state index in [4.69, 9.17) is 23.7 Å². The van der Waals surface area contributed by atoms with Crippen LogP contribution in [-0.2, 0) is 50.1 Å². The summed E-state index contributed by atoms with van der Waals surface area (Å²) in [5.41, 5.74) is 4.31. The van der Waals surface area contributed by atoms with E-state index >= 15 is 0 Å². The molecule has 1 saturated heterocycles. The quantitative estimate of drug-likeness (QED) is 0.108. The van der Waals surface area contributed by atoms with Crippen LogP contribution in [0.4, 0.5) is 0 Å². The second kappa shape index (κ2) is 20.6. The highest BCUT2D eigenvalue weighted by molar-refractivity contribution is 8.00. The zero-order valence-electron chi connectivity index (χ0n) is 31.2. The summed E-state index contributed by atoms with van der Waals surface area (Å²) >= 11 is 2.06. The third-order valence-electron chi connectivity index (χ3n) is 11.4. The van der Waals surface area contributed by atoms with Gasteiger partial charge in [0.25, 0.3) is 0 Å². The van der Waals surface area contributed by atoms with Crippen LogP contribution in [0.1, 0.15) is 86.5 Å². The molecule has 5 atom stereocenters. The van der Waals surface area contributed by atoms with Gasteiger partial charge in [-0.3, -0.25) is 0 Å². The molecule has 6 heteroatoms. The molecule has 4 aromatic rings. The van der Waals surface area contributed by atoms with Crippen molar-refractivity contribution in [2.24, 2.45) is 11.8 Å². The van der Waals surface area contributed by atoms with Gasteiger partial charge < -0.3 is 23.7 Å². The predicted molar refractivity (Wildman–Crippen MR) is 214 cm³/mol. The Bertz CT molecular complexity index is 1540. The first kappa shape index (κ1) is 38.3. The van der Waals surface area contributed by atoms with Gasteiger partial charge in [-0.2, -0.15) is 0 Å². The Morgan fingerprint density at radius 3 is 1.32 bits per heavy atom. The molecule has 282 valence electrons. The summed E-state index contributed by atoms with van der Waals surface area (Å²) in [5, 5.41) is 0.533. The third-order valence-corrected chi connectivity index (χ3v) is 13.1. The molecule has 0 amide bonds. The molecule has 1 heterocycles. The van der Waals surface area contributed by atoms with E-state index in [1.54, 1.807) is 0 Å². The lowest BCUT2D eigenvalue weighted by Gasteiger charge is -2.48. The number of thioether (sulfide) groups is 1. The highest BCUT2D eigenvalue weighted by Crippen LogP contribution is 2.46. The molecule has 0 spiro atoms. The van der Waals surface area contributed by atoms with Crippen molar-refractivity contribution in [1.29, 1.82) is 0 Å². The fourth-order valence-electron chi connectivity index (χ4n) is 8.54. The number of hydrogen-bond donors (Lipinski definition) is 0. The highest BCUT2D eigenvalue weighted by atomic mass is 32.2. The van der Waals surface area contributed by atoms with Crippen LogP contribution in [0.2, 0.25) is 0 Å². The number of hydrogen-bond acceptors (Lipinski definition) is 6. The largest absolute Gasteiger partial charge is 0.374 e. The molecule has 2 aliphatic carbocycles. The van der Waals surface area contributed by atoms with Crippen molar-refractivity contribution in [3.8, 4) is 0 Å². The van der Waals surface area contributed by atoms with Crippen molar-refractivity contribution in [2.45, 2.75) is 126 Å². The summed E-state index contributed by atoms with van der Waals surface area (Å²) in [6.45, 7) is 2.31. The molecule has 53 heavy (non-hydrogen) atoms. The Balaban J connectivity index is 1.22. The summed E-state index contributed by atoms with van der Waals surface area (Å²) in [6.07, 6.45) is 11.9. The minimum Gasteiger partial charge on any atom is -0.374 e. The lowest BCUT2D eigenvalue weighted by atomic mass is 9.77. The molecule has 7 rings (SSSR count). The van der Waals surface area contributed by atoms with E-state index in [1.165, 1.54) is 64.2 Å². The van der Waals surface area contributed by atoms with E-state index in [-0.39, 0.29) is 23.7 Å². The molecule has 2 saturated carbocycles. The minimum atomic E-state index is -0.407. The normalized spacial score (nSPS) is 24.4. The van der Waals surface area contributed by atoms with Crippen LogP contribution in [0.5, 0.6) is 0 Å². The molecule has 0 bridgehead atoms. The summed E-state index contributed by atoms with van der Waals surface area (Å²) in [7, 11) is 0. The second-order valence-corrected chi connectivity index (χ2v) is 16.5. The first-order valence-corrected chi connectivity index (χ1v) is 21.1. The van der Waals surface area contributed by atoms with E-state index < -0.39 is 6.10 Å². The fraction of sp³-hybridized carbons (Fsp3) is 0.489. The number of ether oxygens (including phenoxy) is 5. The first-order valence-electron chi connectivity index (χ1n) is 20.2. The van der Waals surface area contributed by atoms with Gasteiger partial charge in [0.2, 0.25) is 0 Å². The van der Waals surface area contributed by atoms with Crippen LogP contribution in [0.3, 0.4) is 0 Å². The maximum absolute atomic E-state index is 7.33. The van der Waals surface area contributed by atoms with Gasteiger partial charge in [0.05, 0.1) is 33.0 Å². The van der Waals surface area contributed by atoms with Crippen molar-refractivity contribution in [3.63, 3.8) is 0 Å². The van der Waals surface area contributed by atoms with Crippen LogP contribution in [-0.4, -0.2) is 41.7 Å². The van der Waals surface area contributed by atoms with Crippen LogP contribution < -0.4 is 0 Å². The van der Waals surface area contributed by atoms with E-state index in [2.05, 4.69) is 121 Å². The lowest BCUT2D eigenvalue weighted by molar-refractivity contribution is -0.254. The molecule has 1 aliphatic heterocycles. The summed E-state index contributed by atoms with van der Waals surface area (Å²) in [5.74, 6) is 1.41. The zero-order valence-corrected chi connectivity index (χ0v) is 32.0. The molecule has 3 aliphatic rings. The molecular formula is C47H58O5S. The van der Waals surface area contributed by atoms with E-state index in [0.29, 0.717) is 50.1 Å². The Labute approximate surface area is 322 Å². The molecule has 0 unspecified atom stereocenters. The molecular weight excluding hydrogens is 677 g/mol. The van der Waals surface area contributed by atoms with Crippen LogP contribution in [0, 0.1) is 11.8 Å². The average molecular weight is 735 g/mol. The van der Waals surface area contributed by atoms with Crippen molar-refractivity contribution in [2.75, 3.05) is 6.61 Å². The van der Waals surface area contributed by atoms with Gasteiger partial charge in [-0.25, -0.2) is 0 Å². The topological polar surface area (TPSA) is 46.2 Å². The maximum atomic E-state index is 7.33. The van der Waals surface area contributed by atoms with Gasteiger partial charge in [-0.15, -0.1) is 11.8 Å². The van der Waals surface area contributed by atoms with Crippen LogP contribution in [0.15, 0.2) is 121 Å². The zero-order chi connectivity index (χ0) is 35.9. The second-order valence-electron chi connectivity index (χ2n) is 15.2. The smallest absolute Gasteiger partial charge is 0.133 e. The van der Waals surface area contributed by atoms with Gasteiger partial charge in [0, 0.05) is 5.25 Å². The average Bonchev–Trinajstić information content (AvgIpc) is 3.23. The Morgan fingerprint density at radius 1 is 0.472 bits per heavy atom. The van der Waals surface area contributed by atoms with E-state index in [1.807, 2.05) is 12.1 Å². The molecule has 4 aromatic carbocycles. The third kappa shape index (κ3) is 11.3. The Hall–Kier alpha value is -2.97. The van der Waals surface area contributed by atoms with Gasteiger partial charge in [-0.05, 0) is 59.8 Å². The van der Waals surface area contributed by atoms with Crippen molar-refractivity contribution in [1.82, 2.24) is 0 Å².